The molecule has 2 aromatic rings. The SMILES string of the molecule is CCCn1ncnc1CC(NCC)c1cc(Br)ccc1Br. The Labute approximate surface area is 142 Å². The molecular formula is C15H20Br2N4. The van der Waals surface area contributed by atoms with Gasteiger partial charge in [-0.1, -0.05) is 45.7 Å². The van der Waals surface area contributed by atoms with Crippen molar-refractivity contribution in [3.05, 3.63) is 44.9 Å². The van der Waals surface area contributed by atoms with E-state index in [1.807, 2.05) is 10.7 Å². The normalized spacial score (nSPS) is 12.6. The topological polar surface area (TPSA) is 42.7 Å². The third kappa shape index (κ3) is 4.37. The van der Waals surface area contributed by atoms with Crippen LogP contribution in [0.3, 0.4) is 0 Å². The van der Waals surface area contributed by atoms with Crippen LogP contribution in [0.2, 0.25) is 0 Å². The molecule has 0 aliphatic carbocycles. The van der Waals surface area contributed by atoms with Gasteiger partial charge in [-0.05, 0) is 36.7 Å². The summed E-state index contributed by atoms with van der Waals surface area (Å²) in [5, 5.41) is 7.85. The van der Waals surface area contributed by atoms with E-state index in [1.54, 1.807) is 6.33 Å². The minimum Gasteiger partial charge on any atom is -0.310 e. The van der Waals surface area contributed by atoms with Crippen molar-refractivity contribution in [3.8, 4) is 0 Å². The number of nitrogens with zero attached hydrogens (tertiary/aromatic N) is 3. The van der Waals surface area contributed by atoms with Crippen LogP contribution < -0.4 is 5.32 Å². The first-order valence-corrected chi connectivity index (χ1v) is 8.79. The standard InChI is InChI=1S/C15H20Br2N4/c1-3-7-21-15(19-10-20-21)9-14(18-4-2)12-8-11(16)5-6-13(12)17/h5-6,8,10,14,18H,3-4,7,9H2,1-2H3. The van der Waals surface area contributed by atoms with Crippen molar-refractivity contribution in [1.82, 2.24) is 20.1 Å². The summed E-state index contributed by atoms with van der Waals surface area (Å²) in [7, 11) is 0. The van der Waals surface area contributed by atoms with E-state index in [4.69, 9.17) is 0 Å². The van der Waals surface area contributed by atoms with Crippen LogP contribution in [0.25, 0.3) is 0 Å². The third-order valence-corrected chi connectivity index (χ3v) is 4.52. The molecule has 1 atom stereocenters. The van der Waals surface area contributed by atoms with Gasteiger partial charge in [-0.3, -0.25) is 4.68 Å². The highest BCUT2D eigenvalue weighted by atomic mass is 79.9. The summed E-state index contributed by atoms with van der Waals surface area (Å²) in [5.41, 5.74) is 1.23. The first-order valence-electron chi connectivity index (χ1n) is 7.20. The lowest BCUT2D eigenvalue weighted by Gasteiger charge is -2.20. The molecule has 0 aliphatic heterocycles. The molecule has 0 saturated carbocycles. The van der Waals surface area contributed by atoms with Gasteiger partial charge in [-0.25, -0.2) is 4.98 Å². The smallest absolute Gasteiger partial charge is 0.138 e. The molecule has 0 amide bonds. The monoisotopic (exact) mass is 414 g/mol. The van der Waals surface area contributed by atoms with E-state index in [2.05, 4.69) is 73.2 Å². The molecule has 21 heavy (non-hydrogen) atoms. The van der Waals surface area contributed by atoms with Crippen molar-refractivity contribution in [2.45, 2.75) is 39.3 Å². The molecule has 0 bridgehead atoms. The minimum absolute atomic E-state index is 0.210. The fourth-order valence-corrected chi connectivity index (χ4v) is 3.25. The molecule has 1 aromatic heterocycles. The molecule has 1 N–H and O–H groups in total. The lowest BCUT2D eigenvalue weighted by atomic mass is 10.0. The summed E-state index contributed by atoms with van der Waals surface area (Å²) in [6.07, 6.45) is 3.52. The second kappa shape index (κ2) is 8.06. The number of aryl methyl sites for hydroxylation is 1. The molecule has 0 fully saturated rings. The molecule has 1 unspecified atom stereocenters. The van der Waals surface area contributed by atoms with E-state index in [9.17, 15) is 0 Å². The van der Waals surface area contributed by atoms with Gasteiger partial charge < -0.3 is 5.32 Å². The zero-order chi connectivity index (χ0) is 15.2. The zero-order valence-corrected chi connectivity index (χ0v) is 15.5. The lowest BCUT2D eigenvalue weighted by Crippen LogP contribution is -2.25. The summed E-state index contributed by atoms with van der Waals surface area (Å²) in [6.45, 7) is 6.09. The number of hydrogen-bond acceptors (Lipinski definition) is 3. The first kappa shape index (κ1) is 16.6. The van der Waals surface area contributed by atoms with Crippen LogP contribution in [0.1, 0.15) is 37.7 Å². The Morgan fingerprint density at radius 1 is 1.29 bits per heavy atom. The van der Waals surface area contributed by atoms with Gasteiger partial charge >= 0.3 is 0 Å². The average Bonchev–Trinajstić information content (AvgIpc) is 2.89. The van der Waals surface area contributed by atoms with Crippen LogP contribution in [0.15, 0.2) is 33.5 Å². The van der Waals surface area contributed by atoms with Crippen LogP contribution in [-0.4, -0.2) is 21.3 Å². The predicted octanol–water partition coefficient (Wildman–Crippen LogP) is 4.11. The van der Waals surface area contributed by atoms with Gasteiger partial charge in [0.2, 0.25) is 0 Å². The number of benzene rings is 1. The summed E-state index contributed by atoms with van der Waals surface area (Å²) in [6, 6.07) is 6.47. The minimum atomic E-state index is 0.210. The molecule has 0 saturated heterocycles. The van der Waals surface area contributed by atoms with Gasteiger partial charge in [-0.2, -0.15) is 5.10 Å². The number of likely N-dealkylation sites (N-methyl/N-ethyl adjacent to an activating group) is 1. The summed E-state index contributed by atoms with van der Waals surface area (Å²) in [4.78, 5) is 4.42. The third-order valence-electron chi connectivity index (χ3n) is 3.30. The number of rotatable bonds is 7. The molecule has 114 valence electrons. The van der Waals surface area contributed by atoms with Gasteiger partial charge in [0.25, 0.3) is 0 Å². The van der Waals surface area contributed by atoms with Crippen molar-refractivity contribution >= 4 is 31.9 Å². The maximum Gasteiger partial charge on any atom is 0.138 e. The highest BCUT2D eigenvalue weighted by Crippen LogP contribution is 2.28. The highest BCUT2D eigenvalue weighted by Gasteiger charge is 2.17. The maximum atomic E-state index is 4.42. The molecule has 6 heteroatoms. The van der Waals surface area contributed by atoms with Crippen molar-refractivity contribution in [2.75, 3.05) is 6.54 Å². The van der Waals surface area contributed by atoms with Gasteiger partial charge in [-0.15, -0.1) is 0 Å². The molecule has 0 spiro atoms. The van der Waals surface area contributed by atoms with Crippen molar-refractivity contribution in [2.24, 2.45) is 0 Å². The Morgan fingerprint density at radius 3 is 2.81 bits per heavy atom. The summed E-state index contributed by atoms with van der Waals surface area (Å²) >= 11 is 7.20. The van der Waals surface area contributed by atoms with E-state index in [-0.39, 0.29) is 6.04 Å². The van der Waals surface area contributed by atoms with Gasteiger partial charge in [0.1, 0.15) is 12.2 Å². The highest BCUT2D eigenvalue weighted by molar-refractivity contribution is 9.11. The Bertz CT molecular complexity index is 583. The van der Waals surface area contributed by atoms with E-state index in [0.717, 1.165) is 40.7 Å². The van der Waals surface area contributed by atoms with Gasteiger partial charge in [0.15, 0.2) is 0 Å². The lowest BCUT2D eigenvalue weighted by molar-refractivity contribution is 0.497. The zero-order valence-electron chi connectivity index (χ0n) is 12.3. The maximum absolute atomic E-state index is 4.42. The quantitative estimate of drug-likeness (QED) is 0.739. The average molecular weight is 416 g/mol. The summed E-state index contributed by atoms with van der Waals surface area (Å²) in [5.74, 6) is 1.02. The Kier molecular flexibility index (Phi) is 6.39. The van der Waals surface area contributed by atoms with Crippen LogP contribution in [-0.2, 0) is 13.0 Å². The van der Waals surface area contributed by atoms with E-state index >= 15 is 0 Å². The fraction of sp³-hybridized carbons (Fsp3) is 0.467. The molecule has 1 heterocycles. The molecule has 0 radical (unpaired) electrons. The number of nitrogens with one attached hydrogen (secondary N) is 1. The summed E-state index contributed by atoms with van der Waals surface area (Å²) < 4.78 is 4.19. The first-order chi connectivity index (χ1) is 10.2. The molecule has 1 aromatic carbocycles. The second-order valence-corrected chi connectivity index (χ2v) is 6.65. The van der Waals surface area contributed by atoms with Crippen LogP contribution in [0.4, 0.5) is 0 Å². The number of hydrogen-bond donors (Lipinski definition) is 1. The van der Waals surface area contributed by atoms with Crippen molar-refractivity contribution in [3.63, 3.8) is 0 Å². The van der Waals surface area contributed by atoms with Crippen molar-refractivity contribution < 1.29 is 0 Å². The molecule has 4 nitrogen and oxygen atoms in total. The molecule has 0 aliphatic rings. The Balaban J connectivity index is 2.26. The van der Waals surface area contributed by atoms with Gasteiger partial charge in [0.05, 0.1) is 0 Å². The van der Waals surface area contributed by atoms with E-state index in [1.165, 1.54) is 5.56 Å². The molecule has 2 rings (SSSR count). The number of halogens is 2. The van der Waals surface area contributed by atoms with Gasteiger partial charge in [0, 0.05) is 28.0 Å². The Hall–Kier alpha value is -0.720. The van der Waals surface area contributed by atoms with Crippen LogP contribution >= 0.6 is 31.9 Å². The van der Waals surface area contributed by atoms with Crippen LogP contribution in [0.5, 0.6) is 0 Å². The van der Waals surface area contributed by atoms with E-state index in [0.29, 0.717) is 0 Å². The Morgan fingerprint density at radius 2 is 2.10 bits per heavy atom. The predicted molar refractivity (Wildman–Crippen MR) is 92.3 cm³/mol. The number of aromatic nitrogens is 3. The largest absolute Gasteiger partial charge is 0.310 e. The van der Waals surface area contributed by atoms with Crippen molar-refractivity contribution in [1.29, 1.82) is 0 Å². The van der Waals surface area contributed by atoms with Crippen LogP contribution in [0, 0.1) is 0 Å². The fourth-order valence-electron chi connectivity index (χ4n) is 2.35. The van der Waals surface area contributed by atoms with E-state index < -0.39 is 0 Å². The second-order valence-electron chi connectivity index (χ2n) is 4.88. The molecular weight excluding hydrogens is 396 g/mol.